The van der Waals surface area contributed by atoms with Gasteiger partial charge in [-0.1, -0.05) is 53.0 Å². The van der Waals surface area contributed by atoms with Gasteiger partial charge in [0.25, 0.3) is 0 Å². The van der Waals surface area contributed by atoms with Crippen molar-refractivity contribution in [1.29, 1.82) is 0 Å². The Kier molecular flexibility index (Phi) is 5.30. The minimum absolute atomic E-state index is 0.473. The van der Waals surface area contributed by atoms with Crippen LogP contribution in [0.25, 0.3) is 0 Å². The molecule has 0 aliphatic rings. The maximum atomic E-state index is 6.22. The highest BCUT2D eigenvalue weighted by atomic mass is 35.5. The lowest BCUT2D eigenvalue weighted by Gasteiger charge is -2.14. The fraction of sp³-hybridized carbons (Fsp3) is 0.250. The van der Waals surface area contributed by atoms with Crippen molar-refractivity contribution in [2.45, 2.75) is 20.0 Å². The van der Waals surface area contributed by atoms with Gasteiger partial charge in [-0.05, 0) is 43.1 Å². The quantitative estimate of drug-likeness (QED) is 0.889. The van der Waals surface area contributed by atoms with E-state index in [0.717, 1.165) is 11.1 Å². The number of aryl methyl sites for hydroxylation is 1. The molecule has 0 aliphatic carbocycles. The molecular weight excluding hydrogens is 293 g/mol. The summed E-state index contributed by atoms with van der Waals surface area (Å²) in [6.45, 7) is 3.05. The third-order valence-corrected chi connectivity index (χ3v) is 3.46. The number of hydrogen-bond acceptors (Lipinski definition) is 2. The van der Waals surface area contributed by atoms with Crippen LogP contribution >= 0.6 is 23.2 Å². The highest BCUT2D eigenvalue weighted by Crippen LogP contribution is 2.33. The molecule has 0 fully saturated rings. The van der Waals surface area contributed by atoms with Crippen LogP contribution in [-0.2, 0) is 13.0 Å². The highest BCUT2D eigenvalue weighted by molar-refractivity contribution is 6.35. The number of halogens is 2. The van der Waals surface area contributed by atoms with Crippen LogP contribution in [0.15, 0.2) is 36.4 Å². The van der Waals surface area contributed by atoms with E-state index in [1.807, 2.05) is 18.2 Å². The zero-order valence-corrected chi connectivity index (χ0v) is 12.8. The first-order chi connectivity index (χ1) is 9.60. The van der Waals surface area contributed by atoms with Gasteiger partial charge in [-0.3, -0.25) is 0 Å². The lowest BCUT2D eigenvalue weighted by molar-refractivity contribution is 0.303. The number of ether oxygens (including phenoxy) is 1. The monoisotopic (exact) mass is 309 g/mol. The Hall–Kier alpha value is -1.22. The normalized spacial score (nSPS) is 10.6. The Bertz CT molecular complexity index is 599. The number of rotatable bonds is 5. The number of benzene rings is 2. The minimum Gasteiger partial charge on any atom is -0.487 e. The van der Waals surface area contributed by atoms with E-state index in [-0.39, 0.29) is 0 Å². The molecule has 2 aromatic carbocycles. The molecule has 0 spiro atoms. The predicted octanol–water partition coefficient (Wildman–Crippen LogP) is 4.38. The molecule has 2 aromatic rings. The van der Waals surface area contributed by atoms with Crippen molar-refractivity contribution < 1.29 is 4.74 Å². The van der Waals surface area contributed by atoms with Crippen LogP contribution in [0, 0.1) is 6.92 Å². The molecule has 0 saturated carbocycles. The van der Waals surface area contributed by atoms with Crippen molar-refractivity contribution in [3.05, 3.63) is 63.1 Å². The molecule has 0 unspecified atom stereocenters. The van der Waals surface area contributed by atoms with Gasteiger partial charge in [0.1, 0.15) is 12.4 Å². The standard InChI is InChI=1S/C16H17Cl2NO/c1-11-3-2-4-12(7-11)10-20-16-13(5-6-19)8-14(17)9-15(16)18/h2-4,7-9H,5-6,10,19H2,1H3. The minimum atomic E-state index is 0.473. The van der Waals surface area contributed by atoms with Gasteiger partial charge in [-0.2, -0.15) is 0 Å². The van der Waals surface area contributed by atoms with Gasteiger partial charge >= 0.3 is 0 Å². The molecule has 2 rings (SSSR count). The third-order valence-electron chi connectivity index (χ3n) is 2.96. The largest absolute Gasteiger partial charge is 0.487 e. The molecule has 0 atom stereocenters. The summed E-state index contributed by atoms with van der Waals surface area (Å²) in [5.74, 6) is 0.669. The van der Waals surface area contributed by atoms with Crippen molar-refractivity contribution in [2.24, 2.45) is 5.73 Å². The van der Waals surface area contributed by atoms with E-state index >= 15 is 0 Å². The summed E-state index contributed by atoms with van der Waals surface area (Å²) < 4.78 is 5.87. The van der Waals surface area contributed by atoms with Crippen LogP contribution < -0.4 is 10.5 Å². The third kappa shape index (κ3) is 3.89. The summed E-state index contributed by atoms with van der Waals surface area (Å²) in [5.41, 5.74) is 8.87. The van der Waals surface area contributed by atoms with E-state index in [1.54, 1.807) is 6.07 Å². The molecule has 0 bridgehead atoms. The molecular formula is C16H17Cl2NO. The summed E-state index contributed by atoms with van der Waals surface area (Å²) >= 11 is 12.2. The summed E-state index contributed by atoms with van der Waals surface area (Å²) in [4.78, 5) is 0. The molecule has 0 saturated heterocycles. The maximum absolute atomic E-state index is 6.22. The number of nitrogens with two attached hydrogens (primary N) is 1. The van der Waals surface area contributed by atoms with Crippen molar-refractivity contribution in [1.82, 2.24) is 0 Å². The van der Waals surface area contributed by atoms with Crippen molar-refractivity contribution in [3.8, 4) is 5.75 Å². The van der Waals surface area contributed by atoms with E-state index in [2.05, 4.69) is 19.1 Å². The van der Waals surface area contributed by atoms with Crippen LogP contribution in [0.1, 0.15) is 16.7 Å². The Morgan fingerprint density at radius 2 is 1.95 bits per heavy atom. The van der Waals surface area contributed by atoms with Gasteiger partial charge in [0.15, 0.2) is 0 Å². The first-order valence-electron chi connectivity index (χ1n) is 6.46. The summed E-state index contributed by atoms with van der Waals surface area (Å²) in [6, 6.07) is 11.7. The SMILES string of the molecule is Cc1cccc(COc2c(Cl)cc(Cl)cc2CCN)c1. The van der Waals surface area contributed by atoms with E-state index in [0.29, 0.717) is 35.4 Å². The second-order valence-corrected chi connectivity index (χ2v) is 5.54. The number of hydrogen-bond donors (Lipinski definition) is 1. The lowest BCUT2D eigenvalue weighted by atomic mass is 10.1. The summed E-state index contributed by atoms with van der Waals surface area (Å²) in [5, 5.41) is 1.12. The Labute approximate surface area is 129 Å². The van der Waals surface area contributed by atoms with Crippen LogP contribution in [0.3, 0.4) is 0 Å². The van der Waals surface area contributed by atoms with Crippen molar-refractivity contribution in [3.63, 3.8) is 0 Å². The molecule has 2 nitrogen and oxygen atoms in total. The second-order valence-electron chi connectivity index (χ2n) is 4.69. The molecule has 0 radical (unpaired) electrons. The predicted molar refractivity (Wildman–Crippen MR) is 84.7 cm³/mol. The van der Waals surface area contributed by atoms with Crippen LogP contribution in [0.5, 0.6) is 5.75 Å². The average Bonchev–Trinajstić information content (AvgIpc) is 2.38. The molecule has 106 valence electrons. The van der Waals surface area contributed by atoms with Gasteiger partial charge in [-0.25, -0.2) is 0 Å². The lowest BCUT2D eigenvalue weighted by Crippen LogP contribution is -2.06. The van der Waals surface area contributed by atoms with Crippen LogP contribution in [-0.4, -0.2) is 6.54 Å². The Balaban J connectivity index is 2.20. The average molecular weight is 310 g/mol. The smallest absolute Gasteiger partial charge is 0.141 e. The zero-order chi connectivity index (χ0) is 14.5. The van der Waals surface area contributed by atoms with E-state index in [1.165, 1.54) is 5.56 Å². The zero-order valence-electron chi connectivity index (χ0n) is 11.3. The van der Waals surface area contributed by atoms with Gasteiger partial charge < -0.3 is 10.5 Å². The van der Waals surface area contributed by atoms with Crippen LogP contribution in [0.2, 0.25) is 10.0 Å². The van der Waals surface area contributed by atoms with E-state index in [4.69, 9.17) is 33.7 Å². The summed E-state index contributed by atoms with van der Waals surface area (Å²) in [6.07, 6.45) is 0.684. The molecule has 0 aliphatic heterocycles. The first-order valence-corrected chi connectivity index (χ1v) is 7.22. The summed E-state index contributed by atoms with van der Waals surface area (Å²) in [7, 11) is 0. The van der Waals surface area contributed by atoms with Crippen LogP contribution in [0.4, 0.5) is 0 Å². The fourth-order valence-electron chi connectivity index (χ4n) is 2.07. The van der Waals surface area contributed by atoms with E-state index in [9.17, 15) is 0 Å². The molecule has 0 amide bonds. The van der Waals surface area contributed by atoms with Gasteiger partial charge in [0.2, 0.25) is 0 Å². The van der Waals surface area contributed by atoms with Crippen molar-refractivity contribution in [2.75, 3.05) is 6.54 Å². The fourth-order valence-corrected chi connectivity index (χ4v) is 2.66. The molecule has 2 N–H and O–H groups in total. The molecule has 20 heavy (non-hydrogen) atoms. The first kappa shape index (κ1) is 15.2. The second kappa shape index (κ2) is 6.98. The van der Waals surface area contributed by atoms with Gasteiger partial charge in [0, 0.05) is 5.02 Å². The van der Waals surface area contributed by atoms with Gasteiger partial charge in [0.05, 0.1) is 5.02 Å². The molecule has 0 aromatic heterocycles. The van der Waals surface area contributed by atoms with Gasteiger partial charge in [-0.15, -0.1) is 0 Å². The maximum Gasteiger partial charge on any atom is 0.141 e. The highest BCUT2D eigenvalue weighted by Gasteiger charge is 2.10. The Morgan fingerprint density at radius 1 is 1.15 bits per heavy atom. The molecule has 0 heterocycles. The van der Waals surface area contributed by atoms with E-state index < -0.39 is 0 Å². The Morgan fingerprint density at radius 3 is 2.65 bits per heavy atom. The topological polar surface area (TPSA) is 35.2 Å². The molecule has 4 heteroatoms. The van der Waals surface area contributed by atoms with Crippen molar-refractivity contribution >= 4 is 23.2 Å².